The molecule has 0 saturated heterocycles. The van der Waals surface area contributed by atoms with Crippen molar-refractivity contribution in [2.75, 3.05) is 5.33 Å². The standard InChI is InChI=1S/C11H12BrF3O/c1-8(7-12)5-9-3-2-4-10(6-9)16-11(13,14)15/h2-4,6,8H,5,7H2,1H3. The van der Waals surface area contributed by atoms with Crippen LogP contribution in [0, 0.1) is 5.92 Å². The van der Waals surface area contributed by atoms with Crippen LogP contribution < -0.4 is 4.74 Å². The summed E-state index contributed by atoms with van der Waals surface area (Å²) in [6, 6.07) is 6.09. The Morgan fingerprint density at radius 2 is 2.06 bits per heavy atom. The van der Waals surface area contributed by atoms with Crippen molar-refractivity contribution in [2.45, 2.75) is 19.7 Å². The van der Waals surface area contributed by atoms with Gasteiger partial charge in [-0.2, -0.15) is 0 Å². The van der Waals surface area contributed by atoms with Crippen molar-refractivity contribution in [1.29, 1.82) is 0 Å². The van der Waals surface area contributed by atoms with Crippen LogP contribution in [0.5, 0.6) is 5.75 Å². The van der Waals surface area contributed by atoms with Gasteiger partial charge in [0.25, 0.3) is 0 Å². The lowest BCUT2D eigenvalue weighted by Gasteiger charge is -2.11. The van der Waals surface area contributed by atoms with Gasteiger partial charge in [-0.25, -0.2) is 0 Å². The number of hydrogen-bond donors (Lipinski definition) is 0. The van der Waals surface area contributed by atoms with Crippen LogP contribution in [-0.2, 0) is 6.42 Å². The second-order valence-corrected chi connectivity index (χ2v) is 4.31. The van der Waals surface area contributed by atoms with Crippen molar-refractivity contribution in [3.8, 4) is 5.75 Å². The molecule has 1 aromatic rings. The summed E-state index contributed by atoms with van der Waals surface area (Å²) in [5, 5.41) is 0.817. The van der Waals surface area contributed by atoms with Gasteiger partial charge in [-0.15, -0.1) is 13.2 Å². The summed E-state index contributed by atoms with van der Waals surface area (Å²) in [5.41, 5.74) is 0.841. The zero-order valence-electron chi connectivity index (χ0n) is 8.72. The quantitative estimate of drug-likeness (QED) is 0.758. The van der Waals surface area contributed by atoms with E-state index in [1.165, 1.54) is 12.1 Å². The van der Waals surface area contributed by atoms with Crippen LogP contribution in [0.1, 0.15) is 12.5 Å². The van der Waals surface area contributed by atoms with E-state index in [2.05, 4.69) is 20.7 Å². The van der Waals surface area contributed by atoms with Crippen molar-refractivity contribution >= 4 is 15.9 Å². The number of benzene rings is 1. The molecule has 1 nitrogen and oxygen atoms in total. The topological polar surface area (TPSA) is 9.23 Å². The van der Waals surface area contributed by atoms with Crippen LogP contribution in [0.15, 0.2) is 24.3 Å². The van der Waals surface area contributed by atoms with E-state index in [1.54, 1.807) is 12.1 Å². The molecule has 1 rings (SSSR count). The highest BCUT2D eigenvalue weighted by Crippen LogP contribution is 2.24. The lowest BCUT2D eigenvalue weighted by molar-refractivity contribution is -0.274. The minimum atomic E-state index is -4.63. The Morgan fingerprint density at radius 3 is 2.62 bits per heavy atom. The van der Waals surface area contributed by atoms with Crippen molar-refractivity contribution < 1.29 is 17.9 Å². The first-order valence-electron chi connectivity index (χ1n) is 4.81. The van der Waals surface area contributed by atoms with Gasteiger partial charge < -0.3 is 4.74 Å². The normalized spacial score (nSPS) is 13.6. The van der Waals surface area contributed by atoms with Gasteiger partial charge in [-0.1, -0.05) is 35.0 Å². The van der Waals surface area contributed by atoms with Gasteiger partial charge in [0.2, 0.25) is 0 Å². The second-order valence-electron chi connectivity index (χ2n) is 3.66. The molecule has 0 fully saturated rings. The molecule has 0 bridgehead atoms. The average molecular weight is 297 g/mol. The Balaban J connectivity index is 2.71. The van der Waals surface area contributed by atoms with Crippen molar-refractivity contribution in [3.05, 3.63) is 29.8 Å². The van der Waals surface area contributed by atoms with E-state index in [1.807, 2.05) is 6.92 Å². The van der Waals surface area contributed by atoms with Crippen LogP contribution in [-0.4, -0.2) is 11.7 Å². The second kappa shape index (κ2) is 5.57. The highest BCUT2D eigenvalue weighted by Gasteiger charge is 2.31. The van der Waals surface area contributed by atoms with E-state index in [9.17, 15) is 13.2 Å². The summed E-state index contributed by atoms with van der Waals surface area (Å²) < 4.78 is 39.8. The third-order valence-electron chi connectivity index (χ3n) is 1.98. The Labute approximate surface area is 101 Å². The van der Waals surface area contributed by atoms with Gasteiger partial charge in [-0.3, -0.25) is 0 Å². The van der Waals surface area contributed by atoms with Crippen LogP contribution in [0.4, 0.5) is 13.2 Å². The molecule has 16 heavy (non-hydrogen) atoms. The SMILES string of the molecule is CC(CBr)Cc1cccc(OC(F)(F)F)c1. The largest absolute Gasteiger partial charge is 0.573 e. The fourth-order valence-corrected chi connectivity index (χ4v) is 1.56. The van der Waals surface area contributed by atoms with Gasteiger partial charge in [-0.05, 0) is 30.0 Å². The number of alkyl halides is 4. The van der Waals surface area contributed by atoms with Gasteiger partial charge in [0.05, 0.1) is 0 Å². The Hall–Kier alpha value is -0.710. The molecule has 0 saturated carbocycles. The summed E-state index contributed by atoms with van der Waals surface area (Å²) >= 11 is 3.33. The third kappa shape index (κ3) is 4.88. The number of hydrogen-bond acceptors (Lipinski definition) is 1. The first-order chi connectivity index (χ1) is 7.40. The summed E-state index contributed by atoms with van der Waals surface area (Å²) in [6.45, 7) is 2.02. The minimum Gasteiger partial charge on any atom is -0.406 e. The third-order valence-corrected chi connectivity index (χ3v) is 3.08. The van der Waals surface area contributed by atoms with Gasteiger partial charge >= 0.3 is 6.36 Å². The predicted molar refractivity (Wildman–Crippen MR) is 59.8 cm³/mol. The summed E-state index contributed by atoms with van der Waals surface area (Å²) in [7, 11) is 0. The molecular formula is C11H12BrF3O. The van der Waals surface area contributed by atoms with E-state index in [4.69, 9.17) is 0 Å². The fourth-order valence-electron chi connectivity index (χ4n) is 1.33. The molecule has 0 aliphatic heterocycles. The molecule has 90 valence electrons. The summed E-state index contributed by atoms with van der Waals surface area (Å²) in [5.74, 6) is 0.216. The maximum absolute atomic E-state index is 12.0. The van der Waals surface area contributed by atoms with Crippen LogP contribution in [0.2, 0.25) is 0 Å². The number of halogens is 4. The van der Waals surface area contributed by atoms with E-state index in [0.717, 1.165) is 17.3 Å². The van der Waals surface area contributed by atoms with Gasteiger partial charge in [0.15, 0.2) is 0 Å². The minimum absolute atomic E-state index is 0.160. The van der Waals surface area contributed by atoms with Crippen molar-refractivity contribution in [1.82, 2.24) is 0 Å². The molecule has 1 unspecified atom stereocenters. The maximum Gasteiger partial charge on any atom is 0.573 e. The molecule has 0 spiro atoms. The molecule has 0 aromatic heterocycles. The first kappa shape index (κ1) is 13.4. The van der Waals surface area contributed by atoms with Crippen molar-refractivity contribution in [2.24, 2.45) is 5.92 Å². The molecule has 0 radical (unpaired) electrons. The van der Waals surface area contributed by atoms with Crippen LogP contribution >= 0.6 is 15.9 Å². The van der Waals surface area contributed by atoms with E-state index in [-0.39, 0.29) is 5.75 Å². The molecule has 1 atom stereocenters. The Bertz CT molecular complexity index is 338. The number of rotatable bonds is 4. The highest BCUT2D eigenvalue weighted by molar-refractivity contribution is 9.09. The zero-order chi connectivity index (χ0) is 12.2. The summed E-state index contributed by atoms with van der Waals surface area (Å²) in [6.07, 6.45) is -3.90. The number of ether oxygens (including phenoxy) is 1. The van der Waals surface area contributed by atoms with Gasteiger partial charge in [0, 0.05) is 5.33 Å². The lowest BCUT2D eigenvalue weighted by Crippen LogP contribution is -2.17. The molecule has 0 aliphatic carbocycles. The van der Waals surface area contributed by atoms with Crippen LogP contribution in [0.3, 0.4) is 0 Å². The molecule has 0 aliphatic rings. The molecule has 0 heterocycles. The Morgan fingerprint density at radius 1 is 1.38 bits per heavy atom. The lowest BCUT2D eigenvalue weighted by atomic mass is 10.0. The maximum atomic E-state index is 12.0. The van der Waals surface area contributed by atoms with Gasteiger partial charge in [0.1, 0.15) is 5.75 Å². The fraction of sp³-hybridized carbons (Fsp3) is 0.455. The van der Waals surface area contributed by atoms with E-state index in [0.29, 0.717) is 5.92 Å². The smallest absolute Gasteiger partial charge is 0.406 e. The molecule has 0 N–H and O–H groups in total. The molecule has 5 heteroatoms. The van der Waals surface area contributed by atoms with Crippen LogP contribution in [0.25, 0.3) is 0 Å². The van der Waals surface area contributed by atoms with E-state index >= 15 is 0 Å². The first-order valence-corrected chi connectivity index (χ1v) is 5.93. The monoisotopic (exact) mass is 296 g/mol. The zero-order valence-corrected chi connectivity index (χ0v) is 10.3. The summed E-state index contributed by atoms with van der Waals surface area (Å²) in [4.78, 5) is 0. The van der Waals surface area contributed by atoms with E-state index < -0.39 is 6.36 Å². The average Bonchev–Trinajstić information content (AvgIpc) is 2.15. The highest BCUT2D eigenvalue weighted by atomic mass is 79.9. The van der Waals surface area contributed by atoms with Crippen molar-refractivity contribution in [3.63, 3.8) is 0 Å². The molecule has 0 amide bonds. The molecular weight excluding hydrogens is 285 g/mol. The predicted octanol–water partition coefficient (Wildman–Crippen LogP) is 4.16. The molecule has 1 aromatic carbocycles. The Kier molecular flexibility index (Phi) is 4.65.